The molecular weight excluding hydrogens is 224 g/mol. The van der Waals surface area contributed by atoms with Gasteiger partial charge in [-0.05, 0) is 38.7 Å². The van der Waals surface area contributed by atoms with E-state index in [1.165, 1.54) is 16.7 Å². The minimum atomic E-state index is 0.281. The minimum Gasteiger partial charge on any atom is -0.381 e. The quantitative estimate of drug-likeness (QED) is 0.423. The second-order valence-electron chi connectivity index (χ2n) is 4.96. The fourth-order valence-electron chi connectivity index (χ4n) is 2.19. The monoisotopic (exact) mass is 250 g/mol. The average molecular weight is 250 g/mol. The second kappa shape index (κ2) is 8.25. The van der Waals surface area contributed by atoms with Crippen LogP contribution in [0.1, 0.15) is 36.5 Å². The predicted octanol–water partition coefficient (Wildman–Crippen LogP) is 2.49. The van der Waals surface area contributed by atoms with Gasteiger partial charge in [0.1, 0.15) is 0 Å². The fraction of sp³-hybridized carbons (Fsp3) is 0.600. The lowest BCUT2D eigenvalue weighted by Gasteiger charge is -2.16. The van der Waals surface area contributed by atoms with Crippen molar-refractivity contribution in [3.05, 3.63) is 34.9 Å². The van der Waals surface area contributed by atoms with Crippen molar-refractivity contribution >= 4 is 0 Å². The van der Waals surface area contributed by atoms with Crippen LogP contribution >= 0.6 is 0 Å². The summed E-state index contributed by atoms with van der Waals surface area (Å²) in [4.78, 5) is 0. The van der Waals surface area contributed by atoms with E-state index >= 15 is 0 Å². The Balaban J connectivity index is 2.46. The molecule has 3 heteroatoms. The molecule has 18 heavy (non-hydrogen) atoms. The standard InChI is InChI=1S/C15H26N2O/c1-4-6-18-7-5-15(17-16)11-14-9-12(2)8-13(3)10-14/h8-10,15,17H,4-7,11,16H2,1-3H3. The normalized spacial score (nSPS) is 12.7. The van der Waals surface area contributed by atoms with Crippen molar-refractivity contribution in [2.45, 2.75) is 46.1 Å². The molecule has 3 nitrogen and oxygen atoms in total. The number of nitrogens with one attached hydrogen (secondary N) is 1. The molecule has 0 fully saturated rings. The molecule has 0 aliphatic rings. The summed E-state index contributed by atoms with van der Waals surface area (Å²) >= 11 is 0. The van der Waals surface area contributed by atoms with Gasteiger partial charge in [-0.1, -0.05) is 36.2 Å². The van der Waals surface area contributed by atoms with Gasteiger partial charge in [-0.25, -0.2) is 0 Å². The number of nitrogens with two attached hydrogens (primary N) is 1. The third-order valence-corrected chi connectivity index (χ3v) is 2.96. The molecule has 0 aliphatic heterocycles. The van der Waals surface area contributed by atoms with E-state index < -0.39 is 0 Å². The molecule has 0 bridgehead atoms. The minimum absolute atomic E-state index is 0.281. The Labute approximate surface area is 111 Å². The van der Waals surface area contributed by atoms with Gasteiger partial charge >= 0.3 is 0 Å². The first-order valence-corrected chi connectivity index (χ1v) is 6.76. The van der Waals surface area contributed by atoms with Gasteiger partial charge in [0, 0.05) is 19.3 Å². The summed E-state index contributed by atoms with van der Waals surface area (Å²) in [5.74, 6) is 5.61. The third-order valence-electron chi connectivity index (χ3n) is 2.96. The van der Waals surface area contributed by atoms with E-state index in [-0.39, 0.29) is 6.04 Å². The highest BCUT2D eigenvalue weighted by molar-refractivity contribution is 5.29. The van der Waals surface area contributed by atoms with E-state index in [1.54, 1.807) is 0 Å². The molecule has 0 aromatic heterocycles. The molecule has 1 rings (SSSR count). The topological polar surface area (TPSA) is 47.3 Å². The zero-order chi connectivity index (χ0) is 13.4. The molecule has 0 saturated carbocycles. The largest absolute Gasteiger partial charge is 0.381 e. The van der Waals surface area contributed by atoms with Crippen LogP contribution in [0.15, 0.2) is 18.2 Å². The number of aryl methyl sites for hydroxylation is 2. The molecule has 0 spiro atoms. The van der Waals surface area contributed by atoms with E-state index in [1.807, 2.05) is 0 Å². The smallest absolute Gasteiger partial charge is 0.0481 e. The van der Waals surface area contributed by atoms with Crippen molar-refractivity contribution in [1.82, 2.24) is 5.43 Å². The van der Waals surface area contributed by atoms with Gasteiger partial charge in [-0.15, -0.1) is 0 Å². The number of ether oxygens (including phenoxy) is 1. The second-order valence-corrected chi connectivity index (χ2v) is 4.96. The molecule has 0 aliphatic carbocycles. The summed E-state index contributed by atoms with van der Waals surface area (Å²) in [6.07, 6.45) is 2.97. The van der Waals surface area contributed by atoms with Crippen LogP contribution in [0, 0.1) is 13.8 Å². The molecule has 1 aromatic rings. The molecule has 0 saturated heterocycles. The highest BCUT2D eigenvalue weighted by Crippen LogP contribution is 2.12. The number of hydrogen-bond donors (Lipinski definition) is 2. The third kappa shape index (κ3) is 5.63. The summed E-state index contributed by atoms with van der Waals surface area (Å²) in [7, 11) is 0. The number of benzene rings is 1. The summed E-state index contributed by atoms with van der Waals surface area (Å²) < 4.78 is 5.50. The van der Waals surface area contributed by atoms with Gasteiger partial charge in [0.2, 0.25) is 0 Å². The Bertz CT molecular complexity index is 332. The van der Waals surface area contributed by atoms with Gasteiger partial charge < -0.3 is 4.74 Å². The summed E-state index contributed by atoms with van der Waals surface area (Å²) in [6.45, 7) is 7.99. The molecule has 1 aromatic carbocycles. The average Bonchev–Trinajstić information content (AvgIpc) is 2.32. The van der Waals surface area contributed by atoms with Crippen LogP contribution in [-0.2, 0) is 11.2 Å². The first-order valence-electron chi connectivity index (χ1n) is 6.76. The predicted molar refractivity (Wildman–Crippen MR) is 76.5 cm³/mol. The Morgan fingerprint density at radius 2 is 1.83 bits per heavy atom. The first-order chi connectivity index (χ1) is 8.65. The summed E-state index contributed by atoms with van der Waals surface area (Å²) in [5, 5.41) is 0. The lowest BCUT2D eigenvalue weighted by atomic mass is 10.00. The zero-order valence-electron chi connectivity index (χ0n) is 11.8. The molecule has 3 N–H and O–H groups in total. The van der Waals surface area contributed by atoms with Crippen molar-refractivity contribution in [2.24, 2.45) is 5.84 Å². The van der Waals surface area contributed by atoms with Gasteiger partial charge in [-0.3, -0.25) is 11.3 Å². The Morgan fingerprint density at radius 1 is 1.17 bits per heavy atom. The molecule has 1 unspecified atom stereocenters. The van der Waals surface area contributed by atoms with Crippen LogP contribution in [-0.4, -0.2) is 19.3 Å². The van der Waals surface area contributed by atoms with E-state index in [0.717, 1.165) is 32.5 Å². The van der Waals surface area contributed by atoms with E-state index in [2.05, 4.69) is 44.4 Å². The summed E-state index contributed by atoms with van der Waals surface area (Å²) in [5.41, 5.74) is 6.84. The Kier molecular flexibility index (Phi) is 6.94. The highest BCUT2D eigenvalue weighted by atomic mass is 16.5. The van der Waals surface area contributed by atoms with Gasteiger partial charge in [0.05, 0.1) is 0 Å². The lowest BCUT2D eigenvalue weighted by molar-refractivity contribution is 0.124. The molecule has 1 atom stereocenters. The lowest BCUT2D eigenvalue weighted by Crippen LogP contribution is -2.37. The van der Waals surface area contributed by atoms with E-state index in [0.29, 0.717) is 0 Å². The van der Waals surface area contributed by atoms with Crippen molar-refractivity contribution in [3.63, 3.8) is 0 Å². The highest BCUT2D eigenvalue weighted by Gasteiger charge is 2.08. The molecular formula is C15H26N2O. The van der Waals surface area contributed by atoms with Crippen molar-refractivity contribution in [1.29, 1.82) is 0 Å². The fourth-order valence-corrected chi connectivity index (χ4v) is 2.19. The molecule has 0 heterocycles. The van der Waals surface area contributed by atoms with E-state index in [4.69, 9.17) is 10.6 Å². The van der Waals surface area contributed by atoms with Crippen LogP contribution in [0.25, 0.3) is 0 Å². The van der Waals surface area contributed by atoms with Crippen LogP contribution in [0.5, 0.6) is 0 Å². The maximum Gasteiger partial charge on any atom is 0.0481 e. The van der Waals surface area contributed by atoms with Gasteiger partial charge in [-0.2, -0.15) is 0 Å². The van der Waals surface area contributed by atoms with Crippen LogP contribution in [0.3, 0.4) is 0 Å². The number of hydrogen-bond acceptors (Lipinski definition) is 3. The SMILES string of the molecule is CCCOCCC(Cc1cc(C)cc(C)c1)NN. The zero-order valence-corrected chi connectivity index (χ0v) is 11.8. The van der Waals surface area contributed by atoms with Gasteiger partial charge in [0.15, 0.2) is 0 Å². The Morgan fingerprint density at radius 3 is 2.39 bits per heavy atom. The van der Waals surface area contributed by atoms with Crippen LogP contribution in [0.2, 0.25) is 0 Å². The van der Waals surface area contributed by atoms with Crippen LogP contribution in [0.4, 0.5) is 0 Å². The van der Waals surface area contributed by atoms with Gasteiger partial charge in [0.25, 0.3) is 0 Å². The summed E-state index contributed by atoms with van der Waals surface area (Å²) in [6, 6.07) is 6.93. The molecule has 0 amide bonds. The van der Waals surface area contributed by atoms with E-state index in [9.17, 15) is 0 Å². The first kappa shape index (κ1) is 15.2. The molecule has 0 radical (unpaired) electrons. The molecule has 102 valence electrons. The van der Waals surface area contributed by atoms with Crippen molar-refractivity contribution in [3.8, 4) is 0 Å². The Hall–Kier alpha value is -0.900. The number of hydrazine groups is 1. The maximum atomic E-state index is 5.61. The number of rotatable bonds is 8. The maximum absolute atomic E-state index is 5.61. The van der Waals surface area contributed by atoms with Crippen molar-refractivity contribution < 1.29 is 4.74 Å². The van der Waals surface area contributed by atoms with Crippen LogP contribution < -0.4 is 11.3 Å². The van der Waals surface area contributed by atoms with Crippen molar-refractivity contribution in [2.75, 3.05) is 13.2 Å².